The third kappa shape index (κ3) is 5.72. The summed E-state index contributed by atoms with van der Waals surface area (Å²) in [5.74, 6) is 1.18. The zero-order chi connectivity index (χ0) is 19.9. The van der Waals surface area contributed by atoms with E-state index in [0.717, 1.165) is 6.07 Å². The molecular formula is C14H20N8O4S. The minimum absolute atomic E-state index is 0.0652. The summed E-state index contributed by atoms with van der Waals surface area (Å²) in [5, 5.41) is 20.7. The van der Waals surface area contributed by atoms with Crippen molar-refractivity contribution in [3.05, 3.63) is 46.5 Å². The number of aliphatic imine (C=N–C) groups is 1. The molecule has 0 unspecified atom stereocenters. The molecule has 3 N–H and O–H groups in total. The van der Waals surface area contributed by atoms with Gasteiger partial charge in [0.05, 0.1) is 16.4 Å². The molecule has 0 bridgehead atoms. The predicted molar refractivity (Wildman–Crippen MR) is 97.5 cm³/mol. The highest BCUT2D eigenvalue weighted by atomic mass is 32.2. The average Bonchev–Trinajstić information content (AvgIpc) is 3.06. The van der Waals surface area contributed by atoms with Crippen molar-refractivity contribution in [3.63, 3.8) is 0 Å². The third-order valence-corrected chi connectivity index (χ3v) is 4.95. The molecule has 0 radical (unpaired) electrons. The maximum Gasteiger partial charge on any atom is 0.270 e. The Kier molecular flexibility index (Phi) is 6.79. The number of nitro groups is 1. The summed E-state index contributed by atoms with van der Waals surface area (Å²) >= 11 is 0. The first kappa shape index (κ1) is 20.3. The molecule has 12 nitrogen and oxygen atoms in total. The molecule has 1 heterocycles. The van der Waals surface area contributed by atoms with Gasteiger partial charge in [-0.25, -0.2) is 18.1 Å². The molecule has 0 aliphatic rings. The lowest BCUT2D eigenvalue weighted by Crippen LogP contribution is -2.41. The number of non-ortho nitro benzene ring substituents is 1. The molecular weight excluding hydrogens is 376 g/mol. The van der Waals surface area contributed by atoms with Gasteiger partial charge in [0.15, 0.2) is 5.96 Å². The minimum Gasteiger partial charge on any atom is -0.355 e. The maximum absolute atomic E-state index is 12.2. The van der Waals surface area contributed by atoms with E-state index in [1.165, 1.54) is 24.5 Å². The average molecular weight is 396 g/mol. The number of hydrogen-bond donors (Lipinski definition) is 3. The van der Waals surface area contributed by atoms with E-state index >= 15 is 0 Å². The van der Waals surface area contributed by atoms with Gasteiger partial charge in [-0.1, -0.05) is 6.07 Å². The molecule has 0 amide bonds. The van der Waals surface area contributed by atoms with Crippen molar-refractivity contribution in [2.75, 3.05) is 20.1 Å². The number of aryl methyl sites for hydroxylation is 1. The number of nitrogens with one attached hydrogen (secondary N) is 3. The fourth-order valence-electron chi connectivity index (χ4n) is 2.08. The molecule has 27 heavy (non-hydrogen) atoms. The van der Waals surface area contributed by atoms with Gasteiger partial charge >= 0.3 is 0 Å². The molecule has 0 spiro atoms. The number of rotatable bonds is 8. The third-order valence-electron chi connectivity index (χ3n) is 3.49. The van der Waals surface area contributed by atoms with Crippen molar-refractivity contribution in [1.82, 2.24) is 30.1 Å². The van der Waals surface area contributed by atoms with E-state index in [4.69, 9.17) is 0 Å². The summed E-state index contributed by atoms with van der Waals surface area (Å²) in [5.41, 5.74) is -0.288. The van der Waals surface area contributed by atoms with Crippen LogP contribution in [0.4, 0.5) is 5.69 Å². The Morgan fingerprint density at radius 2 is 2.11 bits per heavy atom. The molecule has 0 saturated carbocycles. The quantitative estimate of drug-likeness (QED) is 0.175. The standard InChI is InChI=1S/C14H20N8O4S/c1-15-14(17-9-13-18-10-19-21(13)2)16-6-7-20-27(25,26)12-5-3-4-11(8-12)22(23)24/h3-5,8,10,20H,6-7,9H2,1-2H3,(H2,15,16,17). The van der Waals surface area contributed by atoms with Crippen molar-refractivity contribution in [1.29, 1.82) is 0 Å². The van der Waals surface area contributed by atoms with E-state index in [9.17, 15) is 18.5 Å². The predicted octanol–water partition coefficient (Wildman–Crippen LogP) is -0.633. The van der Waals surface area contributed by atoms with Gasteiger partial charge in [0.1, 0.15) is 12.2 Å². The number of nitro benzene ring substituents is 1. The van der Waals surface area contributed by atoms with Crippen LogP contribution < -0.4 is 15.4 Å². The molecule has 1 aromatic heterocycles. The number of aromatic nitrogens is 3. The normalized spacial score (nSPS) is 12.0. The van der Waals surface area contributed by atoms with Crippen LogP contribution in [0, 0.1) is 10.1 Å². The molecule has 0 aliphatic carbocycles. The van der Waals surface area contributed by atoms with Gasteiger partial charge in [0.25, 0.3) is 5.69 Å². The van der Waals surface area contributed by atoms with Crippen LogP contribution in [0.25, 0.3) is 0 Å². The van der Waals surface area contributed by atoms with Crippen LogP contribution >= 0.6 is 0 Å². The first-order valence-corrected chi connectivity index (χ1v) is 9.33. The number of benzene rings is 1. The second-order valence-electron chi connectivity index (χ2n) is 5.30. The molecule has 0 saturated heterocycles. The summed E-state index contributed by atoms with van der Waals surface area (Å²) in [7, 11) is -0.501. The monoisotopic (exact) mass is 396 g/mol. The van der Waals surface area contributed by atoms with Gasteiger partial charge in [0, 0.05) is 39.3 Å². The van der Waals surface area contributed by atoms with E-state index in [1.54, 1.807) is 18.8 Å². The lowest BCUT2D eigenvalue weighted by molar-refractivity contribution is -0.385. The van der Waals surface area contributed by atoms with Crippen molar-refractivity contribution < 1.29 is 13.3 Å². The lowest BCUT2D eigenvalue weighted by atomic mass is 10.3. The largest absolute Gasteiger partial charge is 0.355 e. The van der Waals surface area contributed by atoms with E-state index in [0.29, 0.717) is 18.3 Å². The van der Waals surface area contributed by atoms with Gasteiger partial charge in [0.2, 0.25) is 10.0 Å². The van der Waals surface area contributed by atoms with Gasteiger partial charge in [-0.05, 0) is 6.07 Å². The Morgan fingerprint density at radius 1 is 1.33 bits per heavy atom. The van der Waals surface area contributed by atoms with Crippen LogP contribution in [0.15, 0.2) is 40.5 Å². The van der Waals surface area contributed by atoms with E-state index in [2.05, 4.69) is 30.4 Å². The maximum atomic E-state index is 12.2. The number of hydrogen-bond acceptors (Lipinski definition) is 7. The van der Waals surface area contributed by atoms with Gasteiger partial charge in [-0.15, -0.1) is 0 Å². The second-order valence-corrected chi connectivity index (χ2v) is 7.07. The Bertz CT molecular complexity index is 925. The highest BCUT2D eigenvalue weighted by Gasteiger charge is 2.17. The fraction of sp³-hybridized carbons (Fsp3) is 0.357. The molecule has 0 fully saturated rings. The molecule has 1 aromatic carbocycles. The smallest absolute Gasteiger partial charge is 0.270 e. The Morgan fingerprint density at radius 3 is 2.74 bits per heavy atom. The van der Waals surface area contributed by atoms with Crippen LogP contribution in [0.1, 0.15) is 5.82 Å². The van der Waals surface area contributed by atoms with Crippen molar-refractivity contribution >= 4 is 21.7 Å². The first-order valence-electron chi connectivity index (χ1n) is 7.85. The molecule has 0 atom stereocenters. The van der Waals surface area contributed by atoms with Gasteiger partial charge < -0.3 is 10.6 Å². The summed E-state index contributed by atoms with van der Waals surface area (Å²) in [6.07, 6.45) is 1.44. The van der Waals surface area contributed by atoms with Gasteiger partial charge in [-0.3, -0.25) is 19.8 Å². The highest BCUT2D eigenvalue weighted by Crippen LogP contribution is 2.16. The Hall–Kier alpha value is -3.06. The minimum atomic E-state index is -3.85. The van der Waals surface area contributed by atoms with Crippen LogP contribution in [0.2, 0.25) is 0 Å². The summed E-state index contributed by atoms with van der Waals surface area (Å²) in [6.45, 7) is 0.720. The topological polar surface area (TPSA) is 156 Å². The summed E-state index contributed by atoms with van der Waals surface area (Å²) < 4.78 is 28.4. The first-order chi connectivity index (χ1) is 12.8. The van der Waals surface area contributed by atoms with Crippen molar-refractivity contribution in [3.8, 4) is 0 Å². The van der Waals surface area contributed by atoms with Crippen LogP contribution in [-0.4, -0.2) is 54.2 Å². The van der Waals surface area contributed by atoms with E-state index < -0.39 is 14.9 Å². The van der Waals surface area contributed by atoms with Crippen molar-refractivity contribution in [2.24, 2.45) is 12.0 Å². The molecule has 146 valence electrons. The summed E-state index contributed by atoms with van der Waals surface area (Å²) in [4.78, 5) is 18.1. The zero-order valence-corrected chi connectivity index (χ0v) is 15.6. The van der Waals surface area contributed by atoms with Crippen LogP contribution in [-0.2, 0) is 23.6 Å². The molecule has 0 aliphatic heterocycles. The van der Waals surface area contributed by atoms with E-state index in [1.807, 2.05) is 0 Å². The lowest BCUT2D eigenvalue weighted by Gasteiger charge is -2.12. The zero-order valence-electron chi connectivity index (χ0n) is 14.8. The summed E-state index contributed by atoms with van der Waals surface area (Å²) in [6, 6.07) is 4.86. The Labute approximate surface area is 155 Å². The van der Waals surface area contributed by atoms with Gasteiger partial charge in [-0.2, -0.15) is 5.10 Å². The molecule has 2 aromatic rings. The number of nitrogens with zero attached hydrogens (tertiary/aromatic N) is 5. The molecule has 2 rings (SSSR count). The van der Waals surface area contributed by atoms with Crippen LogP contribution in [0.5, 0.6) is 0 Å². The second kappa shape index (κ2) is 9.05. The molecule has 13 heteroatoms. The fourth-order valence-corrected chi connectivity index (χ4v) is 3.15. The van der Waals surface area contributed by atoms with E-state index in [-0.39, 0.29) is 23.7 Å². The van der Waals surface area contributed by atoms with Crippen molar-refractivity contribution in [2.45, 2.75) is 11.4 Å². The highest BCUT2D eigenvalue weighted by molar-refractivity contribution is 7.89. The number of guanidine groups is 1. The Balaban J connectivity index is 1.83. The SMILES string of the molecule is CN=C(NCCNS(=O)(=O)c1cccc([N+](=O)[O-])c1)NCc1ncnn1C. The van der Waals surface area contributed by atoms with Crippen LogP contribution in [0.3, 0.4) is 0 Å². The number of sulfonamides is 1.